The highest BCUT2D eigenvalue weighted by Crippen LogP contribution is 2.37. The molecule has 1 fully saturated rings. The smallest absolute Gasteiger partial charge is 0.265 e. The van der Waals surface area contributed by atoms with Crippen molar-refractivity contribution in [1.82, 2.24) is 15.5 Å². The molecule has 0 aliphatic carbocycles. The Morgan fingerprint density at radius 1 is 1.24 bits per heavy atom. The van der Waals surface area contributed by atoms with Crippen molar-refractivity contribution in [1.29, 1.82) is 0 Å². The van der Waals surface area contributed by atoms with Gasteiger partial charge in [0.15, 0.2) is 5.82 Å². The zero-order valence-electron chi connectivity index (χ0n) is 12.3. The molecule has 0 spiro atoms. The lowest BCUT2D eigenvalue weighted by molar-refractivity contribution is 0.378. The van der Waals surface area contributed by atoms with Crippen LogP contribution in [0.2, 0.25) is 0 Å². The van der Waals surface area contributed by atoms with Crippen LogP contribution in [0.3, 0.4) is 0 Å². The molecule has 21 heavy (non-hydrogen) atoms. The quantitative estimate of drug-likeness (QED) is 0.930. The fourth-order valence-corrected chi connectivity index (χ4v) is 2.64. The summed E-state index contributed by atoms with van der Waals surface area (Å²) in [4.78, 5) is 4.54. The molecular weight excluding hydrogens is 270 g/mol. The number of methoxy groups -OCH3 is 2. The van der Waals surface area contributed by atoms with Crippen LogP contribution < -0.4 is 14.8 Å². The van der Waals surface area contributed by atoms with Crippen molar-refractivity contribution in [2.45, 2.75) is 18.8 Å². The maximum absolute atomic E-state index is 5.44. The number of piperidine rings is 1. The summed E-state index contributed by atoms with van der Waals surface area (Å²) in [5.74, 6) is 2.80. The summed E-state index contributed by atoms with van der Waals surface area (Å²) in [6.07, 6.45) is 2.21. The summed E-state index contributed by atoms with van der Waals surface area (Å²) in [6, 6.07) is 5.57. The van der Waals surface area contributed by atoms with Crippen LogP contribution in [-0.2, 0) is 0 Å². The normalized spacial score (nSPS) is 18.5. The van der Waals surface area contributed by atoms with Crippen LogP contribution in [0, 0.1) is 0 Å². The van der Waals surface area contributed by atoms with E-state index < -0.39 is 0 Å². The summed E-state index contributed by atoms with van der Waals surface area (Å²) in [5, 5.41) is 7.49. The molecule has 6 nitrogen and oxygen atoms in total. The van der Waals surface area contributed by atoms with Crippen LogP contribution >= 0.6 is 0 Å². The number of nitrogens with one attached hydrogen (secondary N) is 1. The standard InChI is InChI=1S/C15H19N3O3/c1-19-11-6-3-7-12(20-2)13(11)15-17-14(18-21-15)10-5-4-8-16-9-10/h3,6-7,10,16H,4-5,8-9H2,1-2H3. The third-order valence-electron chi connectivity index (χ3n) is 3.75. The van der Waals surface area contributed by atoms with Gasteiger partial charge in [-0.1, -0.05) is 11.2 Å². The molecule has 0 radical (unpaired) electrons. The maximum Gasteiger partial charge on any atom is 0.265 e. The molecule has 3 rings (SSSR count). The second kappa shape index (κ2) is 6.13. The number of ether oxygens (including phenoxy) is 2. The Hall–Kier alpha value is -2.08. The van der Waals surface area contributed by atoms with E-state index in [-0.39, 0.29) is 0 Å². The Morgan fingerprint density at radius 2 is 2.00 bits per heavy atom. The summed E-state index contributed by atoms with van der Waals surface area (Å²) < 4.78 is 16.2. The summed E-state index contributed by atoms with van der Waals surface area (Å²) in [6.45, 7) is 1.95. The van der Waals surface area contributed by atoms with Crippen molar-refractivity contribution in [3.63, 3.8) is 0 Å². The van der Waals surface area contributed by atoms with E-state index in [0.717, 1.165) is 31.8 Å². The average Bonchev–Trinajstić information content (AvgIpc) is 3.04. The van der Waals surface area contributed by atoms with Gasteiger partial charge in [-0.05, 0) is 31.5 Å². The molecule has 112 valence electrons. The first-order valence-corrected chi connectivity index (χ1v) is 7.09. The molecule has 0 amide bonds. The highest BCUT2D eigenvalue weighted by Gasteiger charge is 2.24. The Morgan fingerprint density at radius 3 is 2.62 bits per heavy atom. The van der Waals surface area contributed by atoms with Crippen LogP contribution in [-0.4, -0.2) is 37.4 Å². The Labute approximate surface area is 123 Å². The molecular formula is C15H19N3O3. The lowest BCUT2D eigenvalue weighted by Crippen LogP contribution is -2.28. The lowest BCUT2D eigenvalue weighted by atomic mass is 9.99. The van der Waals surface area contributed by atoms with Crippen LogP contribution in [0.15, 0.2) is 22.7 Å². The third-order valence-corrected chi connectivity index (χ3v) is 3.75. The molecule has 1 atom stereocenters. The Balaban J connectivity index is 1.95. The predicted octanol–water partition coefficient (Wildman–Crippen LogP) is 2.22. The van der Waals surface area contributed by atoms with E-state index in [4.69, 9.17) is 14.0 Å². The van der Waals surface area contributed by atoms with Gasteiger partial charge in [-0.25, -0.2) is 0 Å². The summed E-state index contributed by atoms with van der Waals surface area (Å²) in [7, 11) is 3.22. The molecule has 1 unspecified atom stereocenters. The topological polar surface area (TPSA) is 69.4 Å². The first-order chi connectivity index (χ1) is 10.3. The molecule has 1 aliphatic rings. The van der Waals surface area contributed by atoms with Crippen molar-refractivity contribution in [3.8, 4) is 23.0 Å². The lowest BCUT2D eigenvalue weighted by Gasteiger charge is -2.19. The highest BCUT2D eigenvalue weighted by molar-refractivity contribution is 5.70. The Kier molecular flexibility index (Phi) is 4.06. The third kappa shape index (κ3) is 2.71. The van der Waals surface area contributed by atoms with Gasteiger partial charge in [0, 0.05) is 12.5 Å². The van der Waals surface area contributed by atoms with Crippen LogP contribution in [0.1, 0.15) is 24.6 Å². The summed E-state index contributed by atoms with van der Waals surface area (Å²) in [5.41, 5.74) is 0.699. The van der Waals surface area contributed by atoms with Crippen molar-refractivity contribution in [2.24, 2.45) is 0 Å². The van der Waals surface area contributed by atoms with Gasteiger partial charge in [0.2, 0.25) is 0 Å². The number of benzene rings is 1. The summed E-state index contributed by atoms with van der Waals surface area (Å²) >= 11 is 0. The first kappa shape index (κ1) is 13.9. The largest absolute Gasteiger partial charge is 0.496 e. The zero-order valence-corrected chi connectivity index (χ0v) is 12.3. The number of hydrogen-bond acceptors (Lipinski definition) is 6. The highest BCUT2D eigenvalue weighted by atomic mass is 16.5. The molecule has 1 aliphatic heterocycles. The Bertz CT molecular complexity index is 584. The number of hydrogen-bond donors (Lipinski definition) is 1. The SMILES string of the molecule is COc1cccc(OC)c1-c1nc(C2CCCNC2)no1. The number of aromatic nitrogens is 2. The van der Waals surface area contributed by atoms with E-state index in [0.29, 0.717) is 28.9 Å². The van der Waals surface area contributed by atoms with Gasteiger partial charge in [-0.2, -0.15) is 4.98 Å². The van der Waals surface area contributed by atoms with Gasteiger partial charge in [-0.3, -0.25) is 0 Å². The van der Waals surface area contributed by atoms with Crippen molar-refractivity contribution in [2.75, 3.05) is 27.3 Å². The van der Waals surface area contributed by atoms with Crippen LogP contribution in [0.25, 0.3) is 11.5 Å². The van der Waals surface area contributed by atoms with E-state index in [1.54, 1.807) is 14.2 Å². The van der Waals surface area contributed by atoms with Crippen molar-refractivity contribution >= 4 is 0 Å². The predicted molar refractivity (Wildman–Crippen MR) is 77.7 cm³/mol. The minimum Gasteiger partial charge on any atom is -0.496 e. The van der Waals surface area contributed by atoms with Gasteiger partial charge >= 0.3 is 0 Å². The van der Waals surface area contributed by atoms with E-state index in [2.05, 4.69) is 15.5 Å². The van der Waals surface area contributed by atoms with E-state index in [1.807, 2.05) is 18.2 Å². The van der Waals surface area contributed by atoms with Crippen molar-refractivity contribution in [3.05, 3.63) is 24.0 Å². The maximum atomic E-state index is 5.44. The fraction of sp³-hybridized carbons (Fsp3) is 0.467. The molecule has 2 aromatic rings. The fourth-order valence-electron chi connectivity index (χ4n) is 2.64. The van der Waals surface area contributed by atoms with Gasteiger partial charge in [0.1, 0.15) is 17.1 Å². The monoisotopic (exact) mass is 289 g/mol. The molecule has 6 heteroatoms. The number of nitrogens with zero attached hydrogens (tertiary/aromatic N) is 2. The molecule has 1 aromatic carbocycles. The zero-order chi connectivity index (χ0) is 14.7. The van der Waals surface area contributed by atoms with E-state index >= 15 is 0 Å². The first-order valence-electron chi connectivity index (χ1n) is 7.09. The van der Waals surface area contributed by atoms with Crippen LogP contribution in [0.5, 0.6) is 11.5 Å². The molecule has 1 aromatic heterocycles. The second-order valence-electron chi connectivity index (χ2n) is 5.04. The van der Waals surface area contributed by atoms with Crippen molar-refractivity contribution < 1.29 is 14.0 Å². The average molecular weight is 289 g/mol. The molecule has 2 heterocycles. The molecule has 1 N–H and O–H groups in total. The molecule has 1 saturated heterocycles. The molecule has 0 bridgehead atoms. The second-order valence-corrected chi connectivity index (χ2v) is 5.04. The van der Waals surface area contributed by atoms with E-state index in [9.17, 15) is 0 Å². The van der Waals surface area contributed by atoms with Gasteiger partial charge in [-0.15, -0.1) is 0 Å². The number of rotatable bonds is 4. The minimum absolute atomic E-state index is 0.303. The van der Waals surface area contributed by atoms with Gasteiger partial charge < -0.3 is 19.3 Å². The van der Waals surface area contributed by atoms with Gasteiger partial charge in [0.05, 0.1) is 14.2 Å². The van der Waals surface area contributed by atoms with E-state index in [1.165, 1.54) is 0 Å². The van der Waals surface area contributed by atoms with Crippen LogP contribution in [0.4, 0.5) is 0 Å². The van der Waals surface area contributed by atoms with Gasteiger partial charge in [0.25, 0.3) is 5.89 Å². The minimum atomic E-state index is 0.303. The molecule has 0 saturated carbocycles.